The third-order valence-electron chi connectivity index (χ3n) is 5.30. The highest BCUT2D eigenvalue weighted by atomic mass is 32.1. The average Bonchev–Trinajstić information content (AvgIpc) is 3.33. The van der Waals surface area contributed by atoms with Crippen LogP contribution in [0.3, 0.4) is 0 Å². The van der Waals surface area contributed by atoms with Crippen LogP contribution < -0.4 is 26.7 Å². The number of hydrogen-bond acceptors (Lipinski definition) is 6. The maximum absolute atomic E-state index is 13.0. The van der Waals surface area contributed by atoms with Crippen molar-refractivity contribution in [1.82, 2.24) is 9.13 Å². The van der Waals surface area contributed by atoms with Crippen LogP contribution in [0.25, 0.3) is 11.6 Å². The molecule has 0 unspecified atom stereocenters. The van der Waals surface area contributed by atoms with Crippen LogP contribution >= 0.6 is 11.3 Å². The lowest BCUT2D eigenvalue weighted by molar-refractivity contribution is 0.661. The van der Waals surface area contributed by atoms with E-state index >= 15 is 0 Å². The van der Waals surface area contributed by atoms with Gasteiger partial charge in [0.2, 0.25) is 0 Å². The lowest BCUT2D eigenvalue weighted by Gasteiger charge is -2.23. The number of aromatic nitrogens is 2. The van der Waals surface area contributed by atoms with Gasteiger partial charge in [0.1, 0.15) is 27.8 Å². The molecule has 0 N–H and O–H groups in total. The van der Waals surface area contributed by atoms with E-state index in [-0.39, 0.29) is 16.3 Å². The Kier molecular flexibility index (Phi) is 6.26. The lowest BCUT2D eigenvalue weighted by atomic mass is 10.2. The molecule has 2 aromatic heterocycles. The number of hydrogen-bond donors (Lipinski definition) is 0. The fourth-order valence-electron chi connectivity index (χ4n) is 3.69. The first-order valence-corrected chi connectivity index (χ1v) is 11.1. The van der Waals surface area contributed by atoms with Gasteiger partial charge in [0.25, 0.3) is 11.1 Å². The predicted octanol–water partition coefficient (Wildman–Crippen LogP) is 2.64. The minimum absolute atomic E-state index is 0.0247. The molecule has 166 valence electrons. The zero-order valence-corrected chi connectivity index (χ0v) is 19.3. The Morgan fingerprint density at radius 3 is 1.79 bits per heavy atom. The number of thiophene rings is 1. The molecular weight excluding hydrogens is 446 g/mol. The van der Waals surface area contributed by atoms with E-state index in [1.54, 1.807) is 18.2 Å². The van der Waals surface area contributed by atoms with Crippen LogP contribution in [0, 0.1) is 22.7 Å². The molecular formula is C26H19N5O2S. The maximum Gasteiger partial charge on any atom is 0.264 e. The van der Waals surface area contributed by atoms with Crippen molar-refractivity contribution in [3.8, 4) is 12.1 Å². The normalized spacial score (nSPS) is 10.2. The molecule has 0 saturated carbocycles. The molecule has 0 fully saturated rings. The molecule has 4 aromatic rings. The zero-order valence-electron chi connectivity index (χ0n) is 18.5. The zero-order chi connectivity index (χ0) is 24.2. The van der Waals surface area contributed by atoms with Crippen molar-refractivity contribution in [3.63, 3.8) is 0 Å². The molecule has 0 spiro atoms. The monoisotopic (exact) mass is 465 g/mol. The van der Waals surface area contributed by atoms with Gasteiger partial charge in [-0.15, -0.1) is 11.3 Å². The number of rotatable bonds is 4. The van der Waals surface area contributed by atoms with Crippen molar-refractivity contribution in [2.45, 2.75) is 0 Å². The number of nitriles is 2. The first kappa shape index (κ1) is 22.5. The molecule has 4 rings (SSSR count). The maximum atomic E-state index is 13.0. The third-order valence-corrected chi connectivity index (χ3v) is 6.32. The number of nitrogens with zero attached hydrogens (tertiary/aromatic N) is 5. The SMILES string of the molecule is Cn1c(=O)c(=Cc2ccc(N(c3ccccc3)c3ccccc3)s2)c(=O)n(C)c1=C(C#N)C#N. The standard InChI is InChI=1S/C26H19N5O2S/c1-29-24(18(16-27)17-28)30(2)26(33)22(25(29)32)15-21-13-14-23(34-21)31(19-9-5-3-6-10-19)20-11-7-4-8-12-20/h3-15H,1-2H3. The highest BCUT2D eigenvalue weighted by Crippen LogP contribution is 2.38. The number of anilines is 3. The van der Waals surface area contributed by atoms with E-state index in [0.29, 0.717) is 0 Å². The van der Waals surface area contributed by atoms with Gasteiger partial charge in [-0.2, -0.15) is 10.5 Å². The van der Waals surface area contributed by atoms with E-state index in [1.165, 1.54) is 25.4 Å². The molecule has 0 amide bonds. The van der Waals surface area contributed by atoms with Crippen molar-refractivity contribution in [3.05, 3.63) is 109 Å². The summed E-state index contributed by atoms with van der Waals surface area (Å²) in [6.07, 6.45) is 1.55. The summed E-state index contributed by atoms with van der Waals surface area (Å²) in [5.74, 6) is 0. The number of benzene rings is 2. The first-order chi connectivity index (χ1) is 16.5. The molecule has 0 bridgehead atoms. The second-order valence-corrected chi connectivity index (χ2v) is 8.48. The van der Waals surface area contributed by atoms with Gasteiger partial charge in [-0.3, -0.25) is 18.7 Å². The van der Waals surface area contributed by atoms with Crippen LogP contribution in [-0.4, -0.2) is 9.13 Å². The molecule has 0 aliphatic carbocycles. The van der Waals surface area contributed by atoms with E-state index in [1.807, 2.05) is 72.8 Å². The van der Waals surface area contributed by atoms with Gasteiger partial charge in [-0.1, -0.05) is 36.4 Å². The Morgan fingerprint density at radius 1 is 0.824 bits per heavy atom. The summed E-state index contributed by atoms with van der Waals surface area (Å²) in [4.78, 5) is 28.8. The molecule has 0 aliphatic heterocycles. The molecule has 34 heavy (non-hydrogen) atoms. The highest BCUT2D eigenvalue weighted by Gasteiger charge is 2.15. The summed E-state index contributed by atoms with van der Waals surface area (Å²) < 4.78 is 2.31. The summed E-state index contributed by atoms with van der Waals surface area (Å²) in [5.41, 5.74) is 0.496. The minimum Gasteiger partial charge on any atom is -0.302 e. The van der Waals surface area contributed by atoms with Crippen molar-refractivity contribution in [1.29, 1.82) is 10.5 Å². The van der Waals surface area contributed by atoms with Gasteiger partial charge in [-0.25, -0.2) is 0 Å². The fraction of sp³-hybridized carbons (Fsp3) is 0.0769. The van der Waals surface area contributed by atoms with Crippen LogP contribution in [-0.2, 0) is 14.1 Å². The van der Waals surface area contributed by atoms with Crippen molar-refractivity contribution >= 4 is 39.4 Å². The Hall–Kier alpha value is -4.66. The van der Waals surface area contributed by atoms with Crippen LogP contribution in [0.4, 0.5) is 16.4 Å². The molecule has 8 heteroatoms. The van der Waals surface area contributed by atoms with Gasteiger partial charge in [0.05, 0.1) is 0 Å². The topological polar surface area (TPSA) is 94.8 Å². The number of para-hydroxylation sites is 2. The quantitative estimate of drug-likeness (QED) is 0.462. The predicted molar refractivity (Wildman–Crippen MR) is 133 cm³/mol. The van der Waals surface area contributed by atoms with E-state index in [0.717, 1.165) is 30.4 Å². The molecule has 0 atom stereocenters. The Balaban J connectivity index is 1.90. The van der Waals surface area contributed by atoms with Crippen LogP contribution in [0.1, 0.15) is 4.88 Å². The summed E-state index contributed by atoms with van der Waals surface area (Å²) >= 11 is 1.44. The van der Waals surface area contributed by atoms with Crippen LogP contribution in [0.15, 0.2) is 82.4 Å². The lowest BCUT2D eigenvalue weighted by Crippen LogP contribution is -2.57. The van der Waals surface area contributed by atoms with E-state index < -0.39 is 11.1 Å². The Bertz CT molecular complexity index is 1590. The largest absolute Gasteiger partial charge is 0.302 e. The highest BCUT2D eigenvalue weighted by molar-refractivity contribution is 7.17. The van der Waals surface area contributed by atoms with E-state index in [4.69, 9.17) is 0 Å². The Labute approximate surface area is 199 Å². The third kappa shape index (κ3) is 4.06. The Morgan fingerprint density at radius 2 is 1.32 bits per heavy atom. The van der Waals surface area contributed by atoms with Crippen molar-refractivity contribution in [2.75, 3.05) is 4.90 Å². The molecule has 2 heterocycles. The molecule has 0 radical (unpaired) electrons. The van der Waals surface area contributed by atoms with Crippen molar-refractivity contribution in [2.24, 2.45) is 14.1 Å². The molecule has 2 aromatic carbocycles. The van der Waals surface area contributed by atoms with Gasteiger partial charge < -0.3 is 4.90 Å². The fourth-order valence-corrected chi connectivity index (χ4v) is 4.69. The summed E-state index contributed by atoms with van der Waals surface area (Å²) in [7, 11) is 2.88. The van der Waals surface area contributed by atoms with Gasteiger partial charge in [-0.05, 0) is 42.5 Å². The smallest absolute Gasteiger partial charge is 0.264 e. The summed E-state index contributed by atoms with van der Waals surface area (Å²) in [6, 6.07) is 27.1. The van der Waals surface area contributed by atoms with E-state index in [2.05, 4.69) is 4.90 Å². The van der Waals surface area contributed by atoms with Gasteiger partial charge in [0.15, 0.2) is 5.57 Å². The van der Waals surface area contributed by atoms with Crippen LogP contribution in [0.5, 0.6) is 0 Å². The van der Waals surface area contributed by atoms with E-state index in [9.17, 15) is 20.1 Å². The molecule has 7 nitrogen and oxygen atoms in total. The van der Waals surface area contributed by atoms with Gasteiger partial charge in [0, 0.05) is 30.3 Å². The second-order valence-electron chi connectivity index (χ2n) is 7.39. The molecule has 0 saturated heterocycles. The second kappa shape index (κ2) is 9.45. The van der Waals surface area contributed by atoms with Gasteiger partial charge >= 0.3 is 0 Å². The molecule has 0 aliphatic rings. The van der Waals surface area contributed by atoms with Crippen LogP contribution in [0.2, 0.25) is 0 Å². The van der Waals surface area contributed by atoms with Crippen molar-refractivity contribution < 1.29 is 0 Å². The minimum atomic E-state index is -0.570. The first-order valence-electron chi connectivity index (χ1n) is 10.3. The average molecular weight is 466 g/mol. The summed E-state index contributed by atoms with van der Waals surface area (Å²) in [6.45, 7) is 0. The summed E-state index contributed by atoms with van der Waals surface area (Å²) in [5, 5.41) is 19.3.